The molecule has 0 radical (unpaired) electrons. The second kappa shape index (κ2) is 28.4. The van der Waals surface area contributed by atoms with Crippen molar-refractivity contribution >= 4 is 26.4 Å². The molecule has 246 valence electrons. The molecule has 0 amide bonds. The van der Waals surface area contributed by atoms with Crippen LogP contribution in [0.25, 0.3) is 0 Å². The number of aliphatic hydroxyl groups excluding tert-OH is 2. The van der Waals surface area contributed by atoms with E-state index in [0.29, 0.717) is 13.0 Å². The molecule has 0 aliphatic carbocycles. The minimum atomic E-state index is -4.53. The molecule has 0 aromatic heterocycles. The minimum absolute atomic E-state index is 0. The summed E-state index contributed by atoms with van der Waals surface area (Å²) in [6, 6.07) is 0. The molecule has 15 heteroatoms. The summed E-state index contributed by atoms with van der Waals surface area (Å²) in [5.41, 5.74) is 0. The van der Waals surface area contributed by atoms with Crippen LogP contribution in [0.1, 0.15) is 96.8 Å². The maximum atomic E-state index is 12.0. The van der Waals surface area contributed by atoms with Crippen molar-refractivity contribution in [3.63, 3.8) is 0 Å². The van der Waals surface area contributed by atoms with Gasteiger partial charge in [-0.25, -0.2) is 8.42 Å². The SMILES string of the molecule is CCCCCCCC/C=C/CCCCCCCC([O-])=NCC[N+](C)(CCO)CC(O)CS(=O)(=O)[O-].COS(=O)(=O)O.[Na+]. The third-order valence-corrected chi connectivity index (χ3v) is 7.69. The molecule has 0 fully saturated rings. The van der Waals surface area contributed by atoms with E-state index in [-0.39, 0.29) is 66.2 Å². The van der Waals surface area contributed by atoms with Gasteiger partial charge in [-0.1, -0.05) is 70.4 Å². The number of allylic oxidation sites excluding steroid dienone is 2. The van der Waals surface area contributed by atoms with E-state index in [0.717, 1.165) is 32.8 Å². The van der Waals surface area contributed by atoms with E-state index in [4.69, 9.17) is 4.55 Å². The van der Waals surface area contributed by atoms with Crippen LogP contribution in [-0.2, 0) is 24.7 Å². The molecule has 0 saturated carbocycles. The van der Waals surface area contributed by atoms with E-state index in [1.165, 1.54) is 57.8 Å². The Hall–Kier alpha value is -0.130. The van der Waals surface area contributed by atoms with Crippen LogP contribution >= 0.6 is 0 Å². The van der Waals surface area contributed by atoms with Gasteiger partial charge in [0, 0.05) is 0 Å². The predicted molar refractivity (Wildman–Crippen MR) is 159 cm³/mol. The summed E-state index contributed by atoms with van der Waals surface area (Å²) in [6.07, 6.45) is 19.4. The molecule has 0 aliphatic rings. The number of quaternary nitrogens is 1. The Bertz CT molecular complexity index is 903. The smallest absolute Gasteiger partial charge is 0.862 e. The van der Waals surface area contributed by atoms with Crippen LogP contribution < -0.4 is 34.7 Å². The molecule has 42 heavy (non-hydrogen) atoms. The topological polar surface area (TPSA) is 197 Å². The molecule has 0 bridgehead atoms. The number of rotatable bonds is 25. The van der Waals surface area contributed by atoms with Gasteiger partial charge in [0.25, 0.3) is 0 Å². The average molecular weight is 655 g/mol. The number of likely N-dealkylation sites (N-methyl/N-ethyl adjacent to an activating group) is 1. The number of aliphatic hydroxyl groups is 2. The quantitative estimate of drug-likeness (QED) is 0.0221. The Morgan fingerprint density at radius 2 is 1.40 bits per heavy atom. The Balaban J connectivity index is -0.00000195. The van der Waals surface area contributed by atoms with Gasteiger partial charge in [0.1, 0.15) is 19.2 Å². The Kier molecular flexibility index (Phi) is 31.2. The van der Waals surface area contributed by atoms with Gasteiger partial charge in [-0.2, -0.15) is 8.42 Å². The van der Waals surface area contributed by atoms with Crippen LogP contribution in [0, 0.1) is 0 Å². The van der Waals surface area contributed by atoms with Gasteiger partial charge >= 0.3 is 40.0 Å². The fraction of sp³-hybridized carbons (Fsp3) is 0.889. The molecule has 0 saturated heterocycles. The third-order valence-electron chi connectivity index (χ3n) is 6.48. The summed E-state index contributed by atoms with van der Waals surface area (Å²) in [7, 11) is -6.08. The summed E-state index contributed by atoms with van der Waals surface area (Å²) >= 11 is 0. The summed E-state index contributed by atoms with van der Waals surface area (Å²) in [4.78, 5) is 4.07. The summed E-state index contributed by atoms with van der Waals surface area (Å²) in [5.74, 6) is -1.02. The van der Waals surface area contributed by atoms with Gasteiger partial charge in [-0.3, -0.25) is 13.7 Å². The van der Waals surface area contributed by atoms with E-state index in [1.54, 1.807) is 7.05 Å². The van der Waals surface area contributed by atoms with Crippen molar-refractivity contribution in [3.05, 3.63) is 12.2 Å². The number of nitrogens with zero attached hydrogens (tertiary/aromatic N) is 2. The van der Waals surface area contributed by atoms with Crippen molar-refractivity contribution in [2.75, 3.05) is 52.7 Å². The van der Waals surface area contributed by atoms with E-state index < -0.39 is 32.4 Å². The second-order valence-electron chi connectivity index (χ2n) is 10.6. The number of hydrogen-bond acceptors (Lipinski definition) is 10. The van der Waals surface area contributed by atoms with Crippen molar-refractivity contribution in [1.29, 1.82) is 0 Å². The fourth-order valence-electron chi connectivity index (χ4n) is 4.18. The summed E-state index contributed by atoms with van der Waals surface area (Å²) < 4.78 is 62.3. The molecular weight excluding hydrogens is 599 g/mol. The third kappa shape index (κ3) is 36.1. The first kappa shape index (κ1) is 46.3. The zero-order valence-corrected chi connectivity index (χ0v) is 29.9. The van der Waals surface area contributed by atoms with Crippen molar-refractivity contribution in [1.82, 2.24) is 0 Å². The molecule has 0 spiro atoms. The first-order chi connectivity index (χ1) is 19.2. The van der Waals surface area contributed by atoms with Gasteiger partial charge < -0.3 is 24.4 Å². The molecule has 2 unspecified atom stereocenters. The molecule has 0 aromatic carbocycles. The van der Waals surface area contributed by atoms with E-state index in [2.05, 4.69) is 28.3 Å². The predicted octanol–water partition coefficient (Wildman–Crippen LogP) is -0.433. The molecule has 2 atom stereocenters. The van der Waals surface area contributed by atoms with Crippen molar-refractivity contribution < 1.29 is 79.5 Å². The normalized spacial score (nSPS) is 14.6. The minimum Gasteiger partial charge on any atom is -0.862 e. The van der Waals surface area contributed by atoms with E-state index >= 15 is 0 Å². The fourth-order valence-corrected chi connectivity index (χ4v) is 4.75. The van der Waals surface area contributed by atoms with Gasteiger partial charge in [-0.05, 0) is 44.4 Å². The van der Waals surface area contributed by atoms with Crippen LogP contribution in [0.3, 0.4) is 0 Å². The molecule has 12 nitrogen and oxygen atoms in total. The summed E-state index contributed by atoms with van der Waals surface area (Å²) in [5, 5.41) is 31.2. The van der Waals surface area contributed by atoms with Crippen molar-refractivity contribution in [3.8, 4) is 0 Å². The standard InChI is InChI=1S/C26H52N2O6S.CH4O4S.Na/c1-3-4-5-6-7-8-9-10-11-12-13-14-15-16-17-18-26(31)27-19-20-28(2,21-22-29)23-25(30)24-35(32,33)34;1-5-6(2,3)4;/h10-11,25,29-30H,3-9,12-24H2,1-2H3,(H-,27,31,32,33,34);1H3,(H,2,3,4);/q;;+1/p-1/b11-10+;;. The maximum absolute atomic E-state index is 12.0. The van der Waals surface area contributed by atoms with E-state index in [1.807, 2.05) is 0 Å². The molecule has 0 heterocycles. The van der Waals surface area contributed by atoms with Gasteiger partial charge in [-0.15, -0.1) is 0 Å². The monoisotopic (exact) mass is 654 g/mol. The van der Waals surface area contributed by atoms with Gasteiger partial charge in [0.2, 0.25) is 0 Å². The van der Waals surface area contributed by atoms with Crippen LogP contribution in [0.15, 0.2) is 17.1 Å². The van der Waals surface area contributed by atoms with Crippen LogP contribution in [-0.4, -0.2) is 105 Å². The van der Waals surface area contributed by atoms with Crippen LogP contribution in [0.4, 0.5) is 0 Å². The molecular formula is C27H55N2NaO10S2. The van der Waals surface area contributed by atoms with Crippen molar-refractivity contribution in [2.24, 2.45) is 4.99 Å². The van der Waals surface area contributed by atoms with E-state index in [9.17, 15) is 36.7 Å². The Labute approximate surface area is 277 Å². The van der Waals surface area contributed by atoms with Crippen molar-refractivity contribution in [2.45, 2.75) is 103 Å². The second-order valence-corrected chi connectivity index (χ2v) is 13.2. The summed E-state index contributed by atoms with van der Waals surface area (Å²) in [6.45, 7) is 2.96. The van der Waals surface area contributed by atoms with Crippen LogP contribution in [0.2, 0.25) is 0 Å². The zero-order valence-electron chi connectivity index (χ0n) is 26.3. The Morgan fingerprint density at radius 1 is 0.929 bits per heavy atom. The average Bonchev–Trinajstić information content (AvgIpc) is 2.85. The first-order valence-electron chi connectivity index (χ1n) is 14.6. The molecule has 0 aromatic rings. The van der Waals surface area contributed by atoms with Gasteiger partial charge in [0.05, 0.1) is 49.7 Å². The zero-order chi connectivity index (χ0) is 31.6. The van der Waals surface area contributed by atoms with Crippen LogP contribution in [0.5, 0.6) is 0 Å². The maximum Gasteiger partial charge on any atom is 1.00 e. The van der Waals surface area contributed by atoms with Gasteiger partial charge in [0.15, 0.2) is 0 Å². The molecule has 3 N–H and O–H groups in total. The molecule has 0 aliphatic heterocycles. The first-order valence-corrected chi connectivity index (χ1v) is 17.6. The number of unbranched alkanes of at least 4 members (excludes halogenated alkanes) is 11. The number of aliphatic imine (C=N–C) groups is 1. The number of hydrogen-bond donors (Lipinski definition) is 3. The largest absolute Gasteiger partial charge is 1.00 e. The molecule has 0 rings (SSSR count). The Morgan fingerprint density at radius 3 is 1.86 bits per heavy atom.